The maximum atomic E-state index is 2.46. The monoisotopic (exact) mass is 811 g/mol. The molecule has 0 atom stereocenters. The second-order valence-electron chi connectivity index (χ2n) is 15.6. The summed E-state index contributed by atoms with van der Waals surface area (Å²) in [7, 11) is 0. The van der Waals surface area contributed by atoms with Crippen molar-refractivity contribution >= 4 is 90.9 Å². The van der Waals surface area contributed by atoms with E-state index in [1.165, 1.54) is 95.6 Å². The first kappa shape index (κ1) is 35.6. The van der Waals surface area contributed by atoms with E-state index >= 15 is 0 Å². The zero-order valence-electron chi connectivity index (χ0n) is 33.1. The normalized spacial score (nSPS) is 11.6. The van der Waals surface area contributed by atoms with Gasteiger partial charge in [0.15, 0.2) is 0 Å². The van der Waals surface area contributed by atoms with E-state index in [1.807, 2.05) is 22.7 Å². The van der Waals surface area contributed by atoms with Crippen LogP contribution in [0, 0.1) is 0 Å². The summed E-state index contributed by atoms with van der Waals surface area (Å²) >= 11 is 3.76. The van der Waals surface area contributed by atoms with Crippen molar-refractivity contribution in [2.45, 2.75) is 0 Å². The molecule has 0 aliphatic heterocycles. The minimum absolute atomic E-state index is 1.10. The molecule has 0 aliphatic rings. The predicted molar refractivity (Wildman–Crippen MR) is 266 cm³/mol. The molecule has 0 spiro atoms. The molecule has 0 unspecified atom stereocenters. The Labute approximate surface area is 362 Å². The van der Waals surface area contributed by atoms with Crippen LogP contribution in [-0.2, 0) is 0 Å². The van der Waals surface area contributed by atoms with Crippen molar-refractivity contribution in [3.8, 4) is 44.5 Å². The lowest BCUT2D eigenvalue weighted by atomic mass is 9.90. The molecule has 2 heterocycles. The first-order valence-corrected chi connectivity index (χ1v) is 22.4. The number of nitrogens with zero attached hydrogens (tertiary/aromatic N) is 1. The first-order chi connectivity index (χ1) is 30.3. The van der Waals surface area contributed by atoms with E-state index in [0.29, 0.717) is 0 Å². The third kappa shape index (κ3) is 6.04. The lowest BCUT2D eigenvalue weighted by Crippen LogP contribution is -2.11. The molecule has 0 aliphatic carbocycles. The Kier molecular flexibility index (Phi) is 8.62. The van der Waals surface area contributed by atoms with Crippen LogP contribution in [0.25, 0.3) is 95.6 Å². The fraction of sp³-hybridized carbons (Fsp3) is 0. The van der Waals surface area contributed by atoms with Crippen LogP contribution in [0.15, 0.2) is 224 Å². The summed E-state index contributed by atoms with van der Waals surface area (Å²) in [5.41, 5.74) is 13.1. The Bertz CT molecular complexity index is 3590. The number of benzene rings is 10. The van der Waals surface area contributed by atoms with Crippen molar-refractivity contribution in [1.29, 1.82) is 0 Å². The maximum absolute atomic E-state index is 2.46. The summed E-state index contributed by atoms with van der Waals surface area (Å²) in [6.07, 6.45) is 0. The molecule has 286 valence electrons. The Morgan fingerprint density at radius 1 is 0.295 bits per heavy atom. The van der Waals surface area contributed by atoms with E-state index in [9.17, 15) is 0 Å². The molecule has 0 saturated heterocycles. The van der Waals surface area contributed by atoms with Crippen molar-refractivity contribution < 1.29 is 0 Å². The average Bonchev–Trinajstić information content (AvgIpc) is 3.91. The fourth-order valence-electron chi connectivity index (χ4n) is 9.30. The van der Waals surface area contributed by atoms with Gasteiger partial charge in [-0.3, -0.25) is 0 Å². The largest absolute Gasteiger partial charge is 0.310 e. The molecular formula is C58H37NS2. The summed E-state index contributed by atoms with van der Waals surface area (Å²) in [4.78, 5) is 2.46. The second-order valence-corrected chi connectivity index (χ2v) is 17.7. The summed E-state index contributed by atoms with van der Waals surface area (Å²) < 4.78 is 5.27. The van der Waals surface area contributed by atoms with Gasteiger partial charge in [-0.15, -0.1) is 22.7 Å². The van der Waals surface area contributed by atoms with Gasteiger partial charge >= 0.3 is 0 Å². The highest BCUT2D eigenvalue weighted by atomic mass is 32.1. The molecular weight excluding hydrogens is 775 g/mol. The van der Waals surface area contributed by atoms with E-state index < -0.39 is 0 Å². The van der Waals surface area contributed by atoms with Crippen molar-refractivity contribution in [3.63, 3.8) is 0 Å². The number of hydrogen-bond donors (Lipinski definition) is 0. The van der Waals surface area contributed by atoms with Gasteiger partial charge in [0.1, 0.15) is 0 Å². The van der Waals surface area contributed by atoms with Crippen LogP contribution in [-0.4, -0.2) is 0 Å². The Morgan fingerprint density at radius 2 is 0.787 bits per heavy atom. The lowest BCUT2D eigenvalue weighted by molar-refractivity contribution is 1.28. The van der Waals surface area contributed by atoms with Crippen LogP contribution in [0.4, 0.5) is 17.1 Å². The molecule has 0 radical (unpaired) electrons. The first-order valence-electron chi connectivity index (χ1n) is 20.7. The molecule has 10 aromatic carbocycles. The number of hydrogen-bond acceptors (Lipinski definition) is 3. The SMILES string of the molecule is c1ccc(-c2cccc3cccc(-c4ccccc4N(c4ccc(-c5cccc6c5sc5ccccc56)cc4)c4cccc(-c5cccc6c5sc5ccccc56)c4)c23)cc1. The van der Waals surface area contributed by atoms with Gasteiger partial charge in [0.25, 0.3) is 0 Å². The van der Waals surface area contributed by atoms with Gasteiger partial charge in [0.2, 0.25) is 0 Å². The van der Waals surface area contributed by atoms with Gasteiger partial charge in [-0.05, 0) is 92.2 Å². The minimum Gasteiger partial charge on any atom is -0.310 e. The van der Waals surface area contributed by atoms with Crippen molar-refractivity contribution in [1.82, 2.24) is 0 Å². The van der Waals surface area contributed by atoms with Gasteiger partial charge in [-0.25, -0.2) is 0 Å². The van der Waals surface area contributed by atoms with Crippen molar-refractivity contribution in [3.05, 3.63) is 224 Å². The van der Waals surface area contributed by atoms with E-state index in [0.717, 1.165) is 17.1 Å². The average molecular weight is 812 g/mol. The quantitative estimate of drug-likeness (QED) is 0.155. The third-order valence-corrected chi connectivity index (χ3v) is 14.5. The Balaban J connectivity index is 1.06. The lowest BCUT2D eigenvalue weighted by Gasteiger charge is -2.29. The number of anilines is 3. The highest BCUT2D eigenvalue weighted by molar-refractivity contribution is 7.26. The molecule has 12 aromatic rings. The van der Waals surface area contributed by atoms with Crippen molar-refractivity contribution in [2.24, 2.45) is 0 Å². The van der Waals surface area contributed by atoms with Crippen LogP contribution in [0.2, 0.25) is 0 Å². The number of para-hydroxylation sites is 1. The molecule has 1 nitrogen and oxygen atoms in total. The minimum atomic E-state index is 1.10. The predicted octanol–water partition coefficient (Wildman–Crippen LogP) is 17.7. The maximum Gasteiger partial charge on any atom is 0.0540 e. The highest BCUT2D eigenvalue weighted by Crippen LogP contribution is 2.47. The standard InChI is InChI=1S/C58H37NS2/c1-2-15-38(16-3-1)44-24-11-17-40-18-12-27-50(56(40)44)47-21-4-7-30-53(47)59(42-35-33-39(34-36-42)45-25-13-28-51-48-22-5-8-31-54(48)60-57(45)51)43-20-10-19-41(37-43)46-26-14-29-52-49-23-6-9-32-55(49)61-58(46)52/h1-37H. The van der Waals surface area contributed by atoms with Gasteiger partial charge in [-0.2, -0.15) is 0 Å². The molecule has 0 fully saturated rings. The summed E-state index contributed by atoms with van der Waals surface area (Å²) in [5.74, 6) is 0. The highest BCUT2D eigenvalue weighted by Gasteiger charge is 2.21. The van der Waals surface area contributed by atoms with E-state index in [2.05, 4.69) is 229 Å². The van der Waals surface area contributed by atoms with Crippen LogP contribution in [0.1, 0.15) is 0 Å². The molecule has 0 N–H and O–H groups in total. The van der Waals surface area contributed by atoms with Crippen LogP contribution < -0.4 is 4.90 Å². The molecule has 0 bridgehead atoms. The third-order valence-electron chi connectivity index (χ3n) is 12.1. The Morgan fingerprint density at radius 3 is 1.49 bits per heavy atom. The number of thiophene rings is 2. The van der Waals surface area contributed by atoms with Crippen LogP contribution >= 0.6 is 22.7 Å². The van der Waals surface area contributed by atoms with E-state index in [1.54, 1.807) is 0 Å². The molecule has 12 rings (SSSR count). The van der Waals surface area contributed by atoms with Crippen LogP contribution in [0.3, 0.4) is 0 Å². The smallest absolute Gasteiger partial charge is 0.0540 e. The topological polar surface area (TPSA) is 3.24 Å². The Hall–Kier alpha value is -7.30. The zero-order valence-corrected chi connectivity index (χ0v) is 34.8. The summed E-state index contributed by atoms with van der Waals surface area (Å²) in [6, 6.07) is 82.4. The number of rotatable bonds is 7. The van der Waals surface area contributed by atoms with Gasteiger partial charge < -0.3 is 4.90 Å². The van der Waals surface area contributed by atoms with E-state index in [4.69, 9.17) is 0 Å². The fourth-order valence-corrected chi connectivity index (χ4v) is 11.8. The van der Waals surface area contributed by atoms with Gasteiger partial charge in [0, 0.05) is 57.3 Å². The number of fused-ring (bicyclic) bond motifs is 7. The van der Waals surface area contributed by atoms with Crippen LogP contribution in [0.5, 0.6) is 0 Å². The molecule has 2 aromatic heterocycles. The second kappa shape index (κ2) is 14.8. The van der Waals surface area contributed by atoms with E-state index in [-0.39, 0.29) is 0 Å². The van der Waals surface area contributed by atoms with Crippen molar-refractivity contribution in [2.75, 3.05) is 4.90 Å². The molecule has 0 amide bonds. The summed E-state index contributed by atoms with van der Waals surface area (Å²) in [6.45, 7) is 0. The molecule has 61 heavy (non-hydrogen) atoms. The zero-order chi connectivity index (χ0) is 40.3. The molecule has 3 heteroatoms. The van der Waals surface area contributed by atoms with Gasteiger partial charge in [-0.1, -0.05) is 182 Å². The summed E-state index contributed by atoms with van der Waals surface area (Å²) in [5, 5.41) is 7.72. The van der Waals surface area contributed by atoms with Gasteiger partial charge in [0.05, 0.1) is 5.69 Å². The molecule has 0 saturated carbocycles.